The average Bonchev–Trinajstić information content (AvgIpc) is 2.76. The van der Waals surface area contributed by atoms with Gasteiger partial charge in [-0.05, 0) is 64.1 Å². The molecule has 0 bridgehead atoms. The second-order valence-electron chi connectivity index (χ2n) is 4.13. The van der Waals surface area contributed by atoms with Gasteiger partial charge < -0.3 is 5.32 Å². The summed E-state index contributed by atoms with van der Waals surface area (Å²) in [5.41, 5.74) is 2.35. The number of hydrogen-bond donors (Lipinski definition) is 1. The zero-order chi connectivity index (χ0) is 13.1. The van der Waals surface area contributed by atoms with E-state index in [1.54, 1.807) is 11.3 Å². The minimum atomic E-state index is -0.225. The molecular formula is C14H15BrFNS. The molecule has 1 atom stereocenters. The van der Waals surface area contributed by atoms with Gasteiger partial charge in [-0.1, -0.05) is 13.0 Å². The van der Waals surface area contributed by atoms with E-state index in [4.69, 9.17) is 0 Å². The molecule has 96 valence electrons. The molecule has 2 rings (SSSR count). The fourth-order valence-corrected chi connectivity index (χ4v) is 3.36. The second kappa shape index (κ2) is 5.95. The fraction of sp³-hybridized carbons (Fsp3) is 0.286. The lowest BCUT2D eigenvalue weighted by molar-refractivity contribution is 0.610. The van der Waals surface area contributed by atoms with E-state index in [1.807, 2.05) is 12.1 Å². The molecular weight excluding hydrogens is 313 g/mol. The minimum absolute atomic E-state index is 0.131. The number of nitrogens with one attached hydrogen (secondary N) is 1. The van der Waals surface area contributed by atoms with E-state index in [0.29, 0.717) is 4.47 Å². The van der Waals surface area contributed by atoms with Crippen LogP contribution in [-0.4, -0.2) is 6.54 Å². The van der Waals surface area contributed by atoms with Crippen molar-refractivity contribution in [3.63, 3.8) is 0 Å². The van der Waals surface area contributed by atoms with Gasteiger partial charge in [0.1, 0.15) is 5.82 Å². The van der Waals surface area contributed by atoms with E-state index in [0.717, 1.165) is 12.1 Å². The smallest absolute Gasteiger partial charge is 0.137 e. The van der Waals surface area contributed by atoms with Crippen molar-refractivity contribution < 1.29 is 4.39 Å². The first-order valence-corrected chi connectivity index (χ1v) is 7.53. The number of rotatable bonds is 4. The Balaban J connectivity index is 2.41. The van der Waals surface area contributed by atoms with E-state index in [-0.39, 0.29) is 11.9 Å². The molecule has 0 saturated carbocycles. The van der Waals surface area contributed by atoms with Crippen molar-refractivity contribution in [1.29, 1.82) is 0 Å². The lowest BCUT2D eigenvalue weighted by Crippen LogP contribution is -2.21. The van der Waals surface area contributed by atoms with E-state index in [2.05, 4.69) is 46.5 Å². The molecule has 0 aliphatic heterocycles. The maximum Gasteiger partial charge on any atom is 0.137 e. The quantitative estimate of drug-likeness (QED) is 0.861. The van der Waals surface area contributed by atoms with Crippen LogP contribution in [0.25, 0.3) is 0 Å². The van der Waals surface area contributed by atoms with Gasteiger partial charge in [-0.3, -0.25) is 0 Å². The van der Waals surface area contributed by atoms with E-state index in [1.165, 1.54) is 16.5 Å². The highest BCUT2D eigenvalue weighted by Gasteiger charge is 2.17. The summed E-state index contributed by atoms with van der Waals surface area (Å²) in [6, 6.07) is 7.44. The van der Waals surface area contributed by atoms with Crippen LogP contribution in [-0.2, 0) is 0 Å². The number of thiophene rings is 1. The van der Waals surface area contributed by atoms with Crippen LogP contribution < -0.4 is 5.32 Å². The molecule has 2 aromatic rings. The van der Waals surface area contributed by atoms with Crippen molar-refractivity contribution in [2.45, 2.75) is 19.9 Å². The van der Waals surface area contributed by atoms with Gasteiger partial charge in [-0.15, -0.1) is 11.3 Å². The first kappa shape index (κ1) is 13.7. The summed E-state index contributed by atoms with van der Waals surface area (Å²) < 4.78 is 13.8. The topological polar surface area (TPSA) is 12.0 Å². The Hall–Kier alpha value is -0.710. The summed E-state index contributed by atoms with van der Waals surface area (Å²) in [5.74, 6) is -0.225. The highest BCUT2D eigenvalue weighted by molar-refractivity contribution is 9.10. The zero-order valence-corrected chi connectivity index (χ0v) is 12.7. The first-order chi connectivity index (χ1) is 8.63. The molecule has 1 aromatic carbocycles. The van der Waals surface area contributed by atoms with Crippen LogP contribution in [0.2, 0.25) is 0 Å². The van der Waals surface area contributed by atoms with Crippen LogP contribution in [0.5, 0.6) is 0 Å². The van der Waals surface area contributed by atoms with Gasteiger partial charge in [0.25, 0.3) is 0 Å². The van der Waals surface area contributed by atoms with E-state index >= 15 is 0 Å². The predicted octanol–water partition coefficient (Wildman–Crippen LogP) is 4.66. The molecule has 0 fully saturated rings. The van der Waals surface area contributed by atoms with Gasteiger partial charge >= 0.3 is 0 Å². The molecule has 0 aliphatic rings. The van der Waals surface area contributed by atoms with Crippen LogP contribution in [0.4, 0.5) is 4.39 Å². The summed E-state index contributed by atoms with van der Waals surface area (Å²) in [6.07, 6.45) is 0. The highest BCUT2D eigenvalue weighted by atomic mass is 79.9. The molecule has 1 N–H and O–H groups in total. The fourth-order valence-electron chi connectivity index (χ4n) is 1.94. The molecule has 0 amide bonds. The van der Waals surface area contributed by atoms with Gasteiger partial charge in [0.05, 0.1) is 10.5 Å². The molecule has 1 unspecified atom stereocenters. The Bertz CT molecular complexity index is 538. The van der Waals surface area contributed by atoms with Crippen LogP contribution in [0, 0.1) is 12.7 Å². The molecule has 1 heterocycles. The second-order valence-corrected chi connectivity index (χ2v) is 5.93. The van der Waals surface area contributed by atoms with Gasteiger partial charge in [-0.25, -0.2) is 4.39 Å². The Morgan fingerprint density at radius 2 is 2.17 bits per heavy atom. The van der Waals surface area contributed by atoms with E-state index < -0.39 is 0 Å². The summed E-state index contributed by atoms with van der Waals surface area (Å²) in [4.78, 5) is 1.29. The van der Waals surface area contributed by atoms with Gasteiger partial charge in [0, 0.05) is 4.88 Å². The number of halogens is 2. The van der Waals surface area contributed by atoms with Crippen molar-refractivity contribution in [2.24, 2.45) is 0 Å². The SMILES string of the molecule is CCNC(c1ccc(F)c(Br)c1)c1sccc1C. The van der Waals surface area contributed by atoms with Gasteiger partial charge in [0.2, 0.25) is 0 Å². The standard InChI is InChI=1S/C14H15BrFNS/c1-3-17-13(14-9(2)6-7-18-14)10-4-5-12(16)11(15)8-10/h4-8,13,17H,3H2,1-2H3. The maximum atomic E-state index is 13.3. The third kappa shape index (κ3) is 2.82. The van der Waals surface area contributed by atoms with Gasteiger partial charge in [0.15, 0.2) is 0 Å². The summed E-state index contributed by atoms with van der Waals surface area (Å²) >= 11 is 4.98. The largest absolute Gasteiger partial charge is 0.306 e. The molecule has 1 aromatic heterocycles. The monoisotopic (exact) mass is 327 g/mol. The Labute approximate surface area is 119 Å². The third-order valence-electron chi connectivity index (χ3n) is 2.85. The van der Waals surface area contributed by atoms with Crippen LogP contribution in [0.15, 0.2) is 34.1 Å². The summed E-state index contributed by atoms with van der Waals surface area (Å²) in [5, 5.41) is 5.55. The summed E-state index contributed by atoms with van der Waals surface area (Å²) in [7, 11) is 0. The molecule has 1 nitrogen and oxygen atoms in total. The van der Waals surface area contributed by atoms with Gasteiger partial charge in [-0.2, -0.15) is 0 Å². The third-order valence-corrected chi connectivity index (χ3v) is 4.54. The van der Waals surface area contributed by atoms with Crippen molar-refractivity contribution in [3.8, 4) is 0 Å². The van der Waals surface area contributed by atoms with Crippen LogP contribution >= 0.6 is 27.3 Å². The number of aryl methyl sites for hydroxylation is 1. The Morgan fingerprint density at radius 3 is 2.72 bits per heavy atom. The first-order valence-electron chi connectivity index (χ1n) is 5.85. The normalized spacial score (nSPS) is 12.7. The predicted molar refractivity (Wildman–Crippen MR) is 78.7 cm³/mol. The molecule has 4 heteroatoms. The lowest BCUT2D eigenvalue weighted by atomic mass is 10.0. The van der Waals surface area contributed by atoms with Crippen molar-refractivity contribution >= 4 is 27.3 Å². The highest BCUT2D eigenvalue weighted by Crippen LogP contribution is 2.31. The number of benzene rings is 1. The molecule has 0 spiro atoms. The summed E-state index contributed by atoms with van der Waals surface area (Å²) in [6.45, 7) is 5.06. The molecule has 0 radical (unpaired) electrons. The Kier molecular flexibility index (Phi) is 4.54. The van der Waals surface area contributed by atoms with E-state index in [9.17, 15) is 4.39 Å². The van der Waals surface area contributed by atoms with Crippen LogP contribution in [0.3, 0.4) is 0 Å². The van der Waals surface area contributed by atoms with Crippen molar-refractivity contribution in [2.75, 3.05) is 6.54 Å². The average molecular weight is 328 g/mol. The molecule has 18 heavy (non-hydrogen) atoms. The minimum Gasteiger partial charge on any atom is -0.306 e. The number of hydrogen-bond acceptors (Lipinski definition) is 2. The molecule has 0 saturated heterocycles. The lowest BCUT2D eigenvalue weighted by Gasteiger charge is -2.18. The van der Waals surface area contributed by atoms with Crippen molar-refractivity contribution in [3.05, 3.63) is 55.9 Å². The zero-order valence-electron chi connectivity index (χ0n) is 10.3. The Morgan fingerprint density at radius 1 is 1.39 bits per heavy atom. The van der Waals surface area contributed by atoms with Crippen molar-refractivity contribution in [1.82, 2.24) is 5.32 Å². The maximum absolute atomic E-state index is 13.3. The van der Waals surface area contributed by atoms with Crippen LogP contribution in [0.1, 0.15) is 29.0 Å². The molecule has 0 aliphatic carbocycles.